The molecule has 0 spiro atoms. The minimum Gasteiger partial charge on any atom is -0.366 e. The third-order valence-electron chi connectivity index (χ3n) is 1.41. The number of thiocarbonyl (C=S) groups is 1. The summed E-state index contributed by atoms with van der Waals surface area (Å²) in [5.41, 5.74) is 0.741. The van der Waals surface area contributed by atoms with Crippen LogP contribution in [0.25, 0.3) is 0 Å². The lowest BCUT2D eigenvalue weighted by Gasteiger charge is -2.08. The molecule has 0 aromatic heterocycles. The van der Waals surface area contributed by atoms with Crippen LogP contribution in [0.1, 0.15) is 0 Å². The van der Waals surface area contributed by atoms with Crippen molar-refractivity contribution >= 4 is 46.2 Å². The summed E-state index contributed by atoms with van der Waals surface area (Å²) < 4.78 is 0. The van der Waals surface area contributed by atoms with Gasteiger partial charge in [-0.05, 0) is 30.4 Å². The van der Waals surface area contributed by atoms with Gasteiger partial charge in [0.1, 0.15) is 0 Å². The quantitative estimate of drug-likeness (QED) is 0.732. The zero-order chi connectivity index (χ0) is 9.84. The van der Waals surface area contributed by atoms with Crippen molar-refractivity contribution in [3.8, 4) is 0 Å². The maximum Gasteiger partial charge on any atom is 0.170 e. The Hall–Kier alpha value is -0.510. The lowest BCUT2D eigenvalue weighted by atomic mass is 10.3. The fourth-order valence-electron chi connectivity index (χ4n) is 0.776. The first-order chi connectivity index (χ1) is 6.13. The van der Waals surface area contributed by atoms with E-state index < -0.39 is 0 Å². The Bertz CT molecular complexity index is 328. The van der Waals surface area contributed by atoms with Crippen LogP contribution in [0.5, 0.6) is 0 Å². The Morgan fingerprint density at radius 3 is 2.62 bits per heavy atom. The number of hydrogen-bond donors (Lipinski definition) is 2. The smallest absolute Gasteiger partial charge is 0.170 e. The normalized spacial score (nSPS) is 9.46. The molecule has 2 nitrogen and oxygen atoms in total. The molecule has 0 saturated heterocycles. The van der Waals surface area contributed by atoms with E-state index in [-0.39, 0.29) is 0 Å². The molecule has 0 aliphatic rings. The lowest BCUT2D eigenvalue weighted by Crippen LogP contribution is -2.24. The molecule has 0 saturated carbocycles. The maximum absolute atomic E-state index is 5.90. The van der Waals surface area contributed by atoms with Gasteiger partial charge in [-0.2, -0.15) is 0 Å². The Labute approximate surface area is 92.2 Å². The van der Waals surface area contributed by atoms with Gasteiger partial charge in [0.2, 0.25) is 0 Å². The van der Waals surface area contributed by atoms with Gasteiger partial charge in [0.25, 0.3) is 0 Å². The molecule has 0 bridgehead atoms. The van der Waals surface area contributed by atoms with E-state index in [1.807, 2.05) is 0 Å². The van der Waals surface area contributed by atoms with Crippen LogP contribution in [0.3, 0.4) is 0 Å². The molecule has 0 aliphatic carbocycles. The summed E-state index contributed by atoms with van der Waals surface area (Å²) in [7, 11) is 1.74. The van der Waals surface area contributed by atoms with Gasteiger partial charge < -0.3 is 10.6 Å². The van der Waals surface area contributed by atoms with Crippen molar-refractivity contribution in [3.63, 3.8) is 0 Å². The summed E-state index contributed by atoms with van der Waals surface area (Å²) in [6.45, 7) is 0. The molecule has 1 aromatic carbocycles. The van der Waals surface area contributed by atoms with Crippen LogP contribution in [0.2, 0.25) is 10.0 Å². The number of anilines is 1. The second kappa shape index (κ2) is 4.65. The Kier molecular flexibility index (Phi) is 3.78. The first-order valence-electron chi connectivity index (χ1n) is 3.57. The molecule has 0 radical (unpaired) electrons. The van der Waals surface area contributed by atoms with Gasteiger partial charge >= 0.3 is 0 Å². The minimum absolute atomic E-state index is 0.518. The molecule has 13 heavy (non-hydrogen) atoms. The first kappa shape index (κ1) is 10.6. The van der Waals surface area contributed by atoms with E-state index in [0.717, 1.165) is 5.69 Å². The summed E-state index contributed by atoms with van der Waals surface area (Å²) in [5.74, 6) is 0. The highest BCUT2D eigenvalue weighted by atomic mass is 35.5. The third-order valence-corrected chi connectivity index (χ3v) is 2.26. The van der Waals surface area contributed by atoms with E-state index in [0.29, 0.717) is 15.2 Å². The fraction of sp³-hybridized carbons (Fsp3) is 0.125. The second-order valence-corrected chi connectivity index (χ2v) is 3.58. The molecule has 1 aromatic rings. The van der Waals surface area contributed by atoms with Gasteiger partial charge in [0, 0.05) is 12.1 Å². The van der Waals surface area contributed by atoms with E-state index in [1.54, 1.807) is 25.2 Å². The van der Waals surface area contributed by atoms with Crippen molar-refractivity contribution in [2.45, 2.75) is 0 Å². The van der Waals surface area contributed by atoms with Crippen LogP contribution in [-0.2, 0) is 0 Å². The number of halogens is 2. The summed E-state index contributed by atoms with van der Waals surface area (Å²) in [5, 5.41) is 7.37. The average molecular weight is 235 g/mol. The van der Waals surface area contributed by atoms with Crippen molar-refractivity contribution in [1.82, 2.24) is 5.32 Å². The van der Waals surface area contributed by atoms with E-state index in [2.05, 4.69) is 10.6 Å². The number of hydrogen-bond acceptors (Lipinski definition) is 1. The van der Waals surface area contributed by atoms with Crippen molar-refractivity contribution in [2.75, 3.05) is 12.4 Å². The highest BCUT2D eigenvalue weighted by molar-refractivity contribution is 7.80. The van der Waals surface area contributed by atoms with E-state index >= 15 is 0 Å². The molecule has 2 N–H and O–H groups in total. The minimum atomic E-state index is 0.518. The summed E-state index contributed by atoms with van der Waals surface area (Å²) in [4.78, 5) is 0. The van der Waals surface area contributed by atoms with Gasteiger partial charge in [-0.3, -0.25) is 0 Å². The van der Waals surface area contributed by atoms with Crippen molar-refractivity contribution < 1.29 is 0 Å². The summed E-state index contributed by atoms with van der Waals surface area (Å²) in [6.07, 6.45) is 0. The zero-order valence-corrected chi connectivity index (χ0v) is 9.22. The van der Waals surface area contributed by atoms with Gasteiger partial charge in [-0.15, -0.1) is 0 Å². The number of nitrogens with one attached hydrogen (secondary N) is 2. The van der Waals surface area contributed by atoms with Gasteiger partial charge in [-0.1, -0.05) is 23.2 Å². The molecule has 0 atom stereocenters. The number of rotatable bonds is 1. The Balaban J connectivity index is 2.83. The molecule has 0 aliphatic heterocycles. The standard InChI is InChI=1S/C8H8Cl2N2S/c1-11-8(13)12-7-3-2-5(9)4-6(7)10/h2-4H,1H3,(H2,11,12,13). The Morgan fingerprint density at radius 2 is 2.08 bits per heavy atom. The topological polar surface area (TPSA) is 24.1 Å². The van der Waals surface area contributed by atoms with E-state index in [9.17, 15) is 0 Å². The van der Waals surface area contributed by atoms with Crippen molar-refractivity contribution in [1.29, 1.82) is 0 Å². The molecule has 5 heteroatoms. The predicted octanol–water partition coefficient (Wildman–Crippen LogP) is 2.91. The molecular formula is C8H8Cl2N2S. The summed E-state index contributed by atoms with van der Waals surface area (Å²) >= 11 is 16.5. The molecular weight excluding hydrogens is 227 g/mol. The van der Waals surface area contributed by atoms with Crippen LogP contribution in [0.15, 0.2) is 18.2 Å². The fourth-order valence-corrected chi connectivity index (χ4v) is 1.34. The predicted molar refractivity (Wildman–Crippen MR) is 61.7 cm³/mol. The highest BCUT2D eigenvalue weighted by Gasteiger charge is 2.01. The molecule has 0 amide bonds. The van der Waals surface area contributed by atoms with Crippen LogP contribution >= 0.6 is 35.4 Å². The Morgan fingerprint density at radius 1 is 1.38 bits per heavy atom. The van der Waals surface area contributed by atoms with Crippen molar-refractivity contribution in [2.24, 2.45) is 0 Å². The maximum atomic E-state index is 5.90. The molecule has 0 heterocycles. The van der Waals surface area contributed by atoms with E-state index in [4.69, 9.17) is 35.4 Å². The van der Waals surface area contributed by atoms with Gasteiger partial charge in [0.05, 0.1) is 10.7 Å². The van der Waals surface area contributed by atoms with Crippen LogP contribution in [-0.4, -0.2) is 12.2 Å². The first-order valence-corrected chi connectivity index (χ1v) is 4.73. The second-order valence-electron chi connectivity index (χ2n) is 2.33. The van der Waals surface area contributed by atoms with E-state index in [1.165, 1.54) is 0 Å². The lowest BCUT2D eigenvalue weighted by molar-refractivity contribution is 1.20. The van der Waals surface area contributed by atoms with Gasteiger partial charge in [-0.25, -0.2) is 0 Å². The largest absolute Gasteiger partial charge is 0.366 e. The molecule has 0 unspecified atom stereocenters. The van der Waals surface area contributed by atoms with Crippen molar-refractivity contribution in [3.05, 3.63) is 28.2 Å². The molecule has 0 fully saturated rings. The summed E-state index contributed by atoms with van der Waals surface area (Å²) in [6, 6.07) is 5.17. The molecule has 1 rings (SSSR count). The molecule has 70 valence electrons. The van der Waals surface area contributed by atoms with Crippen LogP contribution < -0.4 is 10.6 Å². The highest BCUT2D eigenvalue weighted by Crippen LogP contribution is 2.25. The SMILES string of the molecule is CNC(=S)Nc1ccc(Cl)cc1Cl. The number of benzene rings is 1. The van der Waals surface area contributed by atoms with Crippen LogP contribution in [0.4, 0.5) is 5.69 Å². The zero-order valence-electron chi connectivity index (χ0n) is 6.90. The average Bonchev–Trinajstić information content (AvgIpc) is 2.09. The van der Waals surface area contributed by atoms with Crippen LogP contribution in [0, 0.1) is 0 Å². The third kappa shape index (κ3) is 3.03. The van der Waals surface area contributed by atoms with Gasteiger partial charge in [0.15, 0.2) is 5.11 Å². The monoisotopic (exact) mass is 234 g/mol.